The Balaban J connectivity index is 2.25. The molecule has 0 spiro atoms. The van der Waals surface area contributed by atoms with Crippen molar-refractivity contribution in [3.63, 3.8) is 0 Å². The highest BCUT2D eigenvalue weighted by Gasteiger charge is 1.95. The van der Waals surface area contributed by atoms with Crippen LogP contribution < -0.4 is 11.1 Å². The van der Waals surface area contributed by atoms with Crippen molar-refractivity contribution in [1.82, 2.24) is 5.32 Å². The molecule has 0 saturated heterocycles. The molecular formula is C13H20ClN3O. The molecule has 100 valence electrons. The molecule has 5 heteroatoms. The van der Waals surface area contributed by atoms with Crippen LogP contribution in [0.3, 0.4) is 0 Å². The van der Waals surface area contributed by atoms with Gasteiger partial charge in [0.1, 0.15) is 0 Å². The first-order valence-corrected chi connectivity index (χ1v) is 6.46. The minimum atomic E-state index is 0.450. The van der Waals surface area contributed by atoms with Gasteiger partial charge in [-0.2, -0.15) is 0 Å². The van der Waals surface area contributed by atoms with Gasteiger partial charge in [-0.3, -0.25) is 0 Å². The maximum Gasteiger partial charge on any atom is 0.188 e. The van der Waals surface area contributed by atoms with E-state index in [1.54, 1.807) is 0 Å². The van der Waals surface area contributed by atoms with Crippen molar-refractivity contribution in [2.24, 2.45) is 10.7 Å². The summed E-state index contributed by atoms with van der Waals surface area (Å²) in [6.45, 7) is 4.77. The summed E-state index contributed by atoms with van der Waals surface area (Å²) >= 11 is 5.88. The van der Waals surface area contributed by atoms with Gasteiger partial charge in [-0.05, 0) is 31.0 Å². The molecule has 0 atom stereocenters. The Labute approximate surface area is 113 Å². The minimum absolute atomic E-state index is 0.450. The molecule has 0 radical (unpaired) electrons. The van der Waals surface area contributed by atoms with E-state index in [0.717, 1.165) is 31.7 Å². The highest BCUT2D eigenvalue weighted by molar-refractivity contribution is 6.30. The molecule has 0 heterocycles. The molecule has 0 amide bonds. The van der Waals surface area contributed by atoms with Crippen molar-refractivity contribution < 1.29 is 4.74 Å². The molecule has 1 aromatic carbocycles. The molecule has 0 aliphatic carbocycles. The van der Waals surface area contributed by atoms with Gasteiger partial charge in [0.2, 0.25) is 0 Å². The highest BCUT2D eigenvalue weighted by Crippen LogP contribution is 2.11. The minimum Gasteiger partial charge on any atom is -0.382 e. The van der Waals surface area contributed by atoms with Crippen LogP contribution in [0.15, 0.2) is 29.3 Å². The zero-order valence-corrected chi connectivity index (χ0v) is 11.4. The zero-order valence-electron chi connectivity index (χ0n) is 10.7. The molecule has 4 nitrogen and oxygen atoms in total. The van der Waals surface area contributed by atoms with E-state index in [0.29, 0.717) is 17.5 Å². The third-order valence-electron chi connectivity index (χ3n) is 2.30. The van der Waals surface area contributed by atoms with Crippen molar-refractivity contribution in [3.05, 3.63) is 34.9 Å². The van der Waals surface area contributed by atoms with Gasteiger partial charge >= 0.3 is 0 Å². The van der Waals surface area contributed by atoms with Crippen LogP contribution in [-0.2, 0) is 11.3 Å². The molecule has 1 rings (SSSR count). The summed E-state index contributed by atoms with van der Waals surface area (Å²) in [5, 5.41) is 3.76. The zero-order chi connectivity index (χ0) is 13.2. The van der Waals surface area contributed by atoms with E-state index in [1.807, 2.05) is 31.2 Å². The molecule has 3 N–H and O–H groups in total. The molecule has 18 heavy (non-hydrogen) atoms. The Morgan fingerprint density at radius 1 is 1.50 bits per heavy atom. The first-order valence-electron chi connectivity index (χ1n) is 6.08. The van der Waals surface area contributed by atoms with Crippen molar-refractivity contribution in [2.45, 2.75) is 19.9 Å². The Morgan fingerprint density at radius 3 is 3.06 bits per heavy atom. The number of rotatable bonds is 7. The SMILES string of the molecule is CCOCCCNC(N)=NCc1cccc(Cl)c1. The summed E-state index contributed by atoms with van der Waals surface area (Å²) in [7, 11) is 0. The average Bonchev–Trinajstić information content (AvgIpc) is 2.36. The van der Waals surface area contributed by atoms with Gasteiger partial charge in [0.15, 0.2) is 5.96 Å². The van der Waals surface area contributed by atoms with Gasteiger partial charge in [0.25, 0.3) is 0 Å². The lowest BCUT2D eigenvalue weighted by Crippen LogP contribution is -2.32. The number of nitrogens with two attached hydrogens (primary N) is 1. The molecule has 0 bridgehead atoms. The molecule has 0 aliphatic heterocycles. The highest BCUT2D eigenvalue weighted by atomic mass is 35.5. The van der Waals surface area contributed by atoms with Crippen LogP contribution in [0.2, 0.25) is 5.02 Å². The summed E-state index contributed by atoms with van der Waals surface area (Å²) in [5.41, 5.74) is 6.78. The van der Waals surface area contributed by atoms with E-state index in [1.165, 1.54) is 0 Å². The topological polar surface area (TPSA) is 59.6 Å². The van der Waals surface area contributed by atoms with E-state index >= 15 is 0 Å². The quantitative estimate of drug-likeness (QED) is 0.453. The Bertz CT molecular complexity index is 382. The number of aliphatic imine (C=N–C) groups is 1. The molecule has 0 saturated carbocycles. The Morgan fingerprint density at radius 2 is 2.33 bits per heavy atom. The summed E-state index contributed by atoms with van der Waals surface area (Å²) in [5.74, 6) is 0.450. The maximum absolute atomic E-state index is 5.88. The van der Waals surface area contributed by atoms with Gasteiger partial charge in [-0.25, -0.2) is 4.99 Å². The number of benzene rings is 1. The first kappa shape index (κ1) is 14.8. The number of hydrogen-bond acceptors (Lipinski definition) is 2. The largest absolute Gasteiger partial charge is 0.382 e. The molecule has 1 aromatic rings. The number of nitrogens with zero attached hydrogens (tertiary/aromatic N) is 1. The number of guanidine groups is 1. The monoisotopic (exact) mass is 269 g/mol. The number of nitrogens with one attached hydrogen (secondary N) is 1. The van der Waals surface area contributed by atoms with Gasteiger partial charge in [-0.15, -0.1) is 0 Å². The van der Waals surface area contributed by atoms with Crippen molar-refractivity contribution in [2.75, 3.05) is 19.8 Å². The van der Waals surface area contributed by atoms with E-state index in [9.17, 15) is 0 Å². The lowest BCUT2D eigenvalue weighted by atomic mass is 10.2. The lowest BCUT2D eigenvalue weighted by molar-refractivity contribution is 0.145. The fourth-order valence-electron chi connectivity index (χ4n) is 1.40. The average molecular weight is 270 g/mol. The second kappa shape index (κ2) is 8.78. The maximum atomic E-state index is 5.88. The van der Waals surface area contributed by atoms with Crippen molar-refractivity contribution in [1.29, 1.82) is 0 Å². The van der Waals surface area contributed by atoms with Crippen LogP contribution in [0, 0.1) is 0 Å². The van der Waals surface area contributed by atoms with E-state index in [-0.39, 0.29) is 0 Å². The van der Waals surface area contributed by atoms with Crippen molar-refractivity contribution >= 4 is 17.6 Å². The van der Waals surface area contributed by atoms with Crippen LogP contribution in [0.5, 0.6) is 0 Å². The molecule has 0 unspecified atom stereocenters. The predicted molar refractivity (Wildman–Crippen MR) is 75.9 cm³/mol. The summed E-state index contributed by atoms with van der Waals surface area (Å²) in [6.07, 6.45) is 0.918. The van der Waals surface area contributed by atoms with E-state index < -0.39 is 0 Å². The van der Waals surface area contributed by atoms with Crippen molar-refractivity contribution in [3.8, 4) is 0 Å². The summed E-state index contributed by atoms with van der Waals surface area (Å²) < 4.78 is 5.22. The Hall–Kier alpha value is -1.26. The normalized spacial score (nSPS) is 11.6. The van der Waals surface area contributed by atoms with Gasteiger partial charge in [-0.1, -0.05) is 23.7 Å². The van der Waals surface area contributed by atoms with Gasteiger partial charge in [0.05, 0.1) is 6.54 Å². The number of halogens is 1. The second-order valence-electron chi connectivity index (χ2n) is 3.81. The third-order valence-corrected chi connectivity index (χ3v) is 2.53. The first-order chi connectivity index (χ1) is 8.72. The van der Waals surface area contributed by atoms with Crippen LogP contribution in [0.25, 0.3) is 0 Å². The van der Waals surface area contributed by atoms with E-state index in [2.05, 4.69) is 10.3 Å². The third kappa shape index (κ3) is 6.47. The van der Waals surface area contributed by atoms with Gasteiger partial charge in [0, 0.05) is 24.8 Å². The van der Waals surface area contributed by atoms with Gasteiger partial charge < -0.3 is 15.8 Å². The Kier molecular flexibility index (Phi) is 7.22. The lowest BCUT2D eigenvalue weighted by Gasteiger charge is -2.05. The second-order valence-corrected chi connectivity index (χ2v) is 4.25. The molecule has 0 fully saturated rings. The fraction of sp³-hybridized carbons (Fsp3) is 0.462. The van der Waals surface area contributed by atoms with Crippen LogP contribution in [0.1, 0.15) is 18.9 Å². The van der Waals surface area contributed by atoms with Crippen LogP contribution >= 0.6 is 11.6 Å². The standard InChI is InChI=1S/C13H20ClN3O/c1-2-18-8-4-7-16-13(15)17-10-11-5-3-6-12(14)9-11/h3,5-6,9H,2,4,7-8,10H2,1H3,(H3,15,16,17). The molecular weight excluding hydrogens is 250 g/mol. The number of hydrogen-bond donors (Lipinski definition) is 2. The summed E-state index contributed by atoms with van der Waals surface area (Å²) in [4.78, 5) is 4.24. The number of ether oxygens (including phenoxy) is 1. The van der Waals surface area contributed by atoms with Crippen LogP contribution in [-0.4, -0.2) is 25.7 Å². The molecule has 0 aromatic heterocycles. The van der Waals surface area contributed by atoms with E-state index in [4.69, 9.17) is 22.1 Å². The van der Waals surface area contributed by atoms with Crippen LogP contribution in [0.4, 0.5) is 0 Å². The predicted octanol–water partition coefficient (Wildman–Crippen LogP) is 2.17. The molecule has 0 aliphatic rings. The summed E-state index contributed by atoms with van der Waals surface area (Å²) in [6, 6.07) is 7.59. The fourth-order valence-corrected chi connectivity index (χ4v) is 1.62. The smallest absolute Gasteiger partial charge is 0.188 e.